The lowest BCUT2D eigenvalue weighted by molar-refractivity contribution is -0.140. The number of nitrogens with two attached hydrogens (primary N) is 1. The number of hydrogen-bond acceptors (Lipinski definition) is 1. The topological polar surface area (TPSA) is 26.0 Å². The quantitative estimate of drug-likeness (QED) is 0.777. The van der Waals surface area contributed by atoms with Crippen LogP contribution in [0.2, 0.25) is 0 Å². The predicted octanol–water partition coefficient (Wildman–Crippen LogP) is 4.84. The molecule has 2 N–H and O–H groups in total. The maximum atomic E-state index is 13.4. The molecule has 1 aliphatic carbocycles. The maximum Gasteiger partial charge on any atom is 0.419 e. The van der Waals surface area contributed by atoms with E-state index in [2.05, 4.69) is 13.8 Å². The predicted molar refractivity (Wildman–Crippen MR) is 74.1 cm³/mol. The second kappa shape index (κ2) is 5.59. The van der Waals surface area contributed by atoms with E-state index in [0.29, 0.717) is 30.2 Å². The van der Waals surface area contributed by atoms with Gasteiger partial charge in [0.1, 0.15) is 5.82 Å². The Bertz CT molecular complexity index is 499. The van der Waals surface area contributed by atoms with Crippen LogP contribution < -0.4 is 5.73 Å². The highest BCUT2D eigenvalue weighted by molar-refractivity contribution is 5.32. The third-order valence-electron chi connectivity index (χ3n) is 4.71. The van der Waals surface area contributed by atoms with Crippen molar-refractivity contribution in [1.82, 2.24) is 0 Å². The van der Waals surface area contributed by atoms with E-state index in [1.807, 2.05) is 0 Å². The number of rotatable bonds is 2. The zero-order valence-corrected chi connectivity index (χ0v) is 12.3. The van der Waals surface area contributed by atoms with Crippen LogP contribution in [0.25, 0.3) is 0 Å². The molecular formula is C16H21F4N. The summed E-state index contributed by atoms with van der Waals surface area (Å²) in [5.41, 5.74) is 4.70. The number of halogens is 4. The van der Waals surface area contributed by atoms with E-state index in [0.717, 1.165) is 25.0 Å². The Kier molecular flexibility index (Phi) is 4.34. The molecule has 0 saturated heterocycles. The minimum absolute atomic E-state index is 0.387. The Balaban J connectivity index is 2.26. The summed E-state index contributed by atoms with van der Waals surface area (Å²) in [6.07, 6.45) is -1.62. The molecule has 118 valence electrons. The van der Waals surface area contributed by atoms with Gasteiger partial charge in [-0.2, -0.15) is 13.2 Å². The van der Waals surface area contributed by atoms with Gasteiger partial charge < -0.3 is 5.73 Å². The Hall–Kier alpha value is -1.10. The summed E-state index contributed by atoms with van der Waals surface area (Å²) in [4.78, 5) is 0. The van der Waals surface area contributed by atoms with Crippen molar-refractivity contribution in [1.29, 1.82) is 0 Å². The highest BCUT2D eigenvalue weighted by Gasteiger charge is 2.38. The zero-order chi connectivity index (χ0) is 15.8. The van der Waals surface area contributed by atoms with Gasteiger partial charge >= 0.3 is 6.18 Å². The van der Waals surface area contributed by atoms with Crippen molar-refractivity contribution in [2.45, 2.75) is 51.2 Å². The molecule has 1 aromatic carbocycles. The van der Waals surface area contributed by atoms with Gasteiger partial charge in [-0.15, -0.1) is 0 Å². The Morgan fingerprint density at radius 2 is 1.76 bits per heavy atom. The molecular weight excluding hydrogens is 282 g/mol. The molecule has 0 radical (unpaired) electrons. The molecule has 0 atom stereocenters. The Morgan fingerprint density at radius 3 is 2.24 bits per heavy atom. The van der Waals surface area contributed by atoms with Crippen LogP contribution in [0.1, 0.15) is 50.7 Å². The molecule has 0 aromatic heterocycles. The first-order valence-electron chi connectivity index (χ1n) is 7.29. The van der Waals surface area contributed by atoms with Crippen molar-refractivity contribution in [2.75, 3.05) is 0 Å². The van der Waals surface area contributed by atoms with Gasteiger partial charge in [0.25, 0.3) is 0 Å². The van der Waals surface area contributed by atoms with E-state index in [1.165, 1.54) is 6.07 Å². The van der Waals surface area contributed by atoms with Crippen molar-refractivity contribution in [3.05, 3.63) is 35.1 Å². The van der Waals surface area contributed by atoms with Crippen molar-refractivity contribution < 1.29 is 17.6 Å². The van der Waals surface area contributed by atoms with Crippen LogP contribution in [0.15, 0.2) is 18.2 Å². The normalized spacial score (nSPS) is 27.1. The van der Waals surface area contributed by atoms with Gasteiger partial charge in [0.15, 0.2) is 0 Å². The minimum Gasteiger partial charge on any atom is -0.321 e. The Morgan fingerprint density at radius 1 is 1.19 bits per heavy atom. The summed E-state index contributed by atoms with van der Waals surface area (Å²) < 4.78 is 51.8. The third-order valence-corrected chi connectivity index (χ3v) is 4.71. The van der Waals surface area contributed by atoms with E-state index >= 15 is 0 Å². The number of alkyl halides is 3. The number of hydrogen-bond donors (Lipinski definition) is 1. The molecule has 1 aromatic rings. The van der Waals surface area contributed by atoms with E-state index in [-0.39, 0.29) is 0 Å². The van der Waals surface area contributed by atoms with Crippen LogP contribution in [-0.4, -0.2) is 0 Å². The van der Waals surface area contributed by atoms with Crippen molar-refractivity contribution in [2.24, 2.45) is 17.6 Å². The van der Waals surface area contributed by atoms with Gasteiger partial charge in [0, 0.05) is 5.54 Å². The molecule has 1 fully saturated rings. The smallest absolute Gasteiger partial charge is 0.321 e. The van der Waals surface area contributed by atoms with Crippen LogP contribution in [0.4, 0.5) is 17.6 Å². The standard InChI is InChI=1S/C16H21F4N/c1-10(2)11-5-7-15(21,8-6-11)12-3-4-14(17)13(9-12)16(18,19)20/h3-4,9-11H,5-8,21H2,1-2H3. The Labute approximate surface area is 122 Å². The van der Waals surface area contributed by atoms with Crippen LogP contribution >= 0.6 is 0 Å². The van der Waals surface area contributed by atoms with Gasteiger partial charge in [0.05, 0.1) is 5.56 Å². The van der Waals surface area contributed by atoms with Gasteiger partial charge in [-0.25, -0.2) is 4.39 Å². The van der Waals surface area contributed by atoms with E-state index < -0.39 is 23.1 Å². The highest BCUT2D eigenvalue weighted by atomic mass is 19.4. The molecule has 0 heterocycles. The fourth-order valence-electron chi connectivity index (χ4n) is 3.16. The summed E-state index contributed by atoms with van der Waals surface area (Å²) >= 11 is 0. The first kappa shape index (κ1) is 16.3. The third kappa shape index (κ3) is 3.39. The van der Waals surface area contributed by atoms with Crippen LogP contribution in [0.5, 0.6) is 0 Å². The lowest BCUT2D eigenvalue weighted by Gasteiger charge is -2.39. The van der Waals surface area contributed by atoms with Gasteiger partial charge in [-0.1, -0.05) is 19.9 Å². The van der Waals surface area contributed by atoms with E-state index in [4.69, 9.17) is 5.73 Å². The summed E-state index contributed by atoms with van der Waals surface area (Å²) in [6.45, 7) is 4.29. The molecule has 5 heteroatoms. The molecule has 0 spiro atoms. The van der Waals surface area contributed by atoms with Crippen LogP contribution in [0.3, 0.4) is 0 Å². The molecule has 0 unspecified atom stereocenters. The molecule has 1 nitrogen and oxygen atoms in total. The van der Waals surface area contributed by atoms with Crippen molar-refractivity contribution in [3.63, 3.8) is 0 Å². The first-order valence-corrected chi connectivity index (χ1v) is 7.29. The maximum absolute atomic E-state index is 13.4. The fraction of sp³-hybridized carbons (Fsp3) is 0.625. The largest absolute Gasteiger partial charge is 0.419 e. The lowest BCUT2D eigenvalue weighted by Crippen LogP contribution is -2.41. The first-order chi connectivity index (χ1) is 9.63. The minimum atomic E-state index is -4.69. The molecule has 21 heavy (non-hydrogen) atoms. The van der Waals surface area contributed by atoms with Crippen LogP contribution in [-0.2, 0) is 11.7 Å². The van der Waals surface area contributed by atoms with Gasteiger partial charge in [0.2, 0.25) is 0 Å². The molecule has 2 rings (SSSR count). The highest BCUT2D eigenvalue weighted by Crippen LogP contribution is 2.42. The molecule has 0 amide bonds. The molecule has 0 bridgehead atoms. The number of benzene rings is 1. The summed E-state index contributed by atoms with van der Waals surface area (Å²) in [5.74, 6) is -0.136. The van der Waals surface area contributed by atoms with Crippen molar-refractivity contribution >= 4 is 0 Å². The van der Waals surface area contributed by atoms with Crippen LogP contribution in [0, 0.1) is 17.7 Å². The van der Waals surface area contributed by atoms with E-state index in [9.17, 15) is 17.6 Å². The monoisotopic (exact) mass is 303 g/mol. The summed E-state index contributed by atoms with van der Waals surface area (Å²) in [7, 11) is 0. The molecule has 1 saturated carbocycles. The average Bonchev–Trinajstić information content (AvgIpc) is 2.38. The lowest BCUT2D eigenvalue weighted by atomic mass is 9.70. The second-order valence-electron chi connectivity index (χ2n) is 6.43. The second-order valence-corrected chi connectivity index (χ2v) is 6.43. The van der Waals surface area contributed by atoms with E-state index in [1.54, 1.807) is 0 Å². The molecule has 1 aliphatic rings. The SMILES string of the molecule is CC(C)C1CCC(N)(c2ccc(F)c(C(F)(F)F)c2)CC1. The average molecular weight is 303 g/mol. The zero-order valence-electron chi connectivity index (χ0n) is 12.3. The van der Waals surface area contributed by atoms with Gasteiger partial charge in [-0.05, 0) is 55.2 Å². The summed E-state index contributed by atoms with van der Waals surface area (Å²) in [5, 5.41) is 0. The fourth-order valence-corrected chi connectivity index (χ4v) is 3.16. The molecule has 0 aliphatic heterocycles. The van der Waals surface area contributed by atoms with Crippen molar-refractivity contribution in [3.8, 4) is 0 Å². The summed E-state index contributed by atoms with van der Waals surface area (Å²) in [6, 6.07) is 3.15. The van der Waals surface area contributed by atoms with Gasteiger partial charge in [-0.3, -0.25) is 0 Å².